The molecule has 14 heavy (non-hydrogen) atoms. The third kappa shape index (κ3) is 3.13. The molecule has 0 aromatic rings. The van der Waals surface area contributed by atoms with Gasteiger partial charge in [-0.25, -0.2) is 0 Å². The first-order valence-electron chi connectivity index (χ1n) is 3.94. The van der Waals surface area contributed by atoms with Crippen LogP contribution in [0.15, 0.2) is 23.4 Å². The summed E-state index contributed by atoms with van der Waals surface area (Å²) < 4.78 is 30.0. The van der Waals surface area contributed by atoms with Gasteiger partial charge < -0.3 is 5.11 Å². The molecule has 5 nitrogen and oxygen atoms in total. The molecule has 0 bridgehead atoms. The number of likely N-dealkylation sites (N-methyl/N-ethyl adjacent to an activating group) is 1. The van der Waals surface area contributed by atoms with Crippen molar-refractivity contribution >= 4 is 10.1 Å². The van der Waals surface area contributed by atoms with E-state index in [4.69, 9.17) is 4.55 Å². The van der Waals surface area contributed by atoms with Crippen LogP contribution in [0.25, 0.3) is 0 Å². The molecule has 0 heterocycles. The van der Waals surface area contributed by atoms with Crippen molar-refractivity contribution in [2.75, 3.05) is 20.6 Å². The van der Waals surface area contributed by atoms with Crippen LogP contribution in [0.4, 0.5) is 0 Å². The monoisotopic (exact) mass is 222 g/mol. The van der Waals surface area contributed by atoms with E-state index in [0.717, 1.165) is 0 Å². The lowest BCUT2D eigenvalue weighted by Gasteiger charge is -2.28. The Morgan fingerprint density at radius 3 is 2.21 bits per heavy atom. The first kappa shape index (κ1) is 13.2. The van der Waals surface area contributed by atoms with E-state index in [9.17, 15) is 13.5 Å². The largest absolute Gasteiger partial charge is 0.493 e. The second kappa shape index (κ2) is 4.12. The average Bonchev–Trinajstić information content (AvgIpc) is 2.00. The van der Waals surface area contributed by atoms with Crippen molar-refractivity contribution in [3.63, 3.8) is 0 Å². The summed E-state index contributed by atoms with van der Waals surface area (Å²) in [5.41, 5.74) is 0.160. The van der Waals surface area contributed by atoms with Crippen molar-refractivity contribution in [1.82, 2.24) is 0 Å². The molecule has 2 N–H and O–H groups in total. The van der Waals surface area contributed by atoms with Gasteiger partial charge in [-0.15, -0.1) is 0 Å². The van der Waals surface area contributed by atoms with Crippen LogP contribution in [0, 0.1) is 0 Å². The predicted molar refractivity (Wildman–Crippen MR) is 54.0 cm³/mol. The molecule has 0 saturated heterocycles. The van der Waals surface area contributed by atoms with Crippen LogP contribution in [0.1, 0.15) is 6.92 Å². The number of nitrogens with zero attached hydrogens (tertiary/aromatic N) is 1. The smallest absolute Gasteiger partial charge is 0.333 e. The normalized spacial score (nSPS) is 14.9. The maximum absolute atomic E-state index is 10.6. The standard InChI is InChI=1S/C8H15NO4S/c1-5-6-9(3,4)7(2)8(10)14(11,12)13/h5H,1,6H2,2-4H3,(H-,10,11,12,13)/p+1. The van der Waals surface area contributed by atoms with E-state index in [2.05, 4.69) is 6.58 Å². The molecule has 0 aliphatic heterocycles. The Hall–Kier alpha value is -0.850. The number of rotatable bonds is 4. The maximum Gasteiger partial charge on any atom is 0.333 e. The van der Waals surface area contributed by atoms with Gasteiger partial charge in [0.15, 0.2) is 5.70 Å². The summed E-state index contributed by atoms with van der Waals surface area (Å²) in [4.78, 5) is 0. The number of hydrogen-bond donors (Lipinski definition) is 2. The summed E-state index contributed by atoms with van der Waals surface area (Å²) in [7, 11) is -1.13. The average molecular weight is 222 g/mol. The van der Waals surface area contributed by atoms with E-state index < -0.39 is 15.2 Å². The Morgan fingerprint density at radius 2 is 1.93 bits per heavy atom. The Kier molecular flexibility index (Phi) is 3.87. The van der Waals surface area contributed by atoms with Crippen LogP contribution < -0.4 is 0 Å². The zero-order valence-electron chi connectivity index (χ0n) is 8.56. The number of quaternary nitrogens is 1. The summed E-state index contributed by atoms with van der Waals surface area (Å²) >= 11 is 0. The Balaban J connectivity index is 5.30. The molecule has 0 fully saturated rings. The molecule has 0 amide bonds. The lowest BCUT2D eigenvalue weighted by Crippen LogP contribution is -2.39. The Labute approximate surface area is 84.3 Å². The quantitative estimate of drug-likeness (QED) is 0.320. The molecule has 6 heteroatoms. The Bertz CT molecular complexity index is 354. The molecule has 0 aliphatic carbocycles. The van der Waals surface area contributed by atoms with E-state index in [1.807, 2.05) is 0 Å². The molecule has 0 aromatic heterocycles. The van der Waals surface area contributed by atoms with Crippen LogP contribution >= 0.6 is 0 Å². The molecular formula is C8H16NO4S+. The minimum Gasteiger partial charge on any atom is -0.493 e. The van der Waals surface area contributed by atoms with E-state index in [1.165, 1.54) is 6.92 Å². The topological polar surface area (TPSA) is 74.6 Å². The first-order valence-corrected chi connectivity index (χ1v) is 5.38. The molecule has 82 valence electrons. The fourth-order valence-corrected chi connectivity index (χ4v) is 1.53. The van der Waals surface area contributed by atoms with Crippen molar-refractivity contribution in [2.45, 2.75) is 6.92 Å². The molecule has 0 radical (unpaired) electrons. The number of aliphatic hydroxyl groups is 1. The summed E-state index contributed by atoms with van der Waals surface area (Å²) in [6.07, 6.45) is 1.60. The Morgan fingerprint density at radius 1 is 1.50 bits per heavy atom. The summed E-state index contributed by atoms with van der Waals surface area (Å²) in [5.74, 6) is 0. The first-order chi connectivity index (χ1) is 6.13. The summed E-state index contributed by atoms with van der Waals surface area (Å²) in [6.45, 7) is 5.40. The number of aliphatic hydroxyl groups excluding tert-OH is 1. The van der Waals surface area contributed by atoms with Gasteiger partial charge in [-0.05, 0) is 6.08 Å². The van der Waals surface area contributed by atoms with Crippen molar-refractivity contribution in [3.8, 4) is 0 Å². The van der Waals surface area contributed by atoms with E-state index in [-0.39, 0.29) is 10.2 Å². The van der Waals surface area contributed by atoms with Gasteiger partial charge in [-0.2, -0.15) is 8.42 Å². The lowest BCUT2D eigenvalue weighted by molar-refractivity contribution is -0.846. The van der Waals surface area contributed by atoms with Crippen LogP contribution in [-0.2, 0) is 10.1 Å². The fraction of sp³-hybridized carbons (Fsp3) is 0.500. The van der Waals surface area contributed by atoms with E-state index >= 15 is 0 Å². The number of hydrogen-bond acceptors (Lipinski definition) is 3. The number of allylic oxidation sites excluding steroid dienone is 1. The molecular weight excluding hydrogens is 206 g/mol. The third-order valence-corrected chi connectivity index (χ3v) is 2.83. The second-order valence-electron chi connectivity index (χ2n) is 3.52. The van der Waals surface area contributed by atoms with Gasteiger partial charge in [0.2, 0.25) is 0 Å². The summed E-state index contributed by atoms with van der Waals surface area (Å²) in [5, 5.41) is 8.21. The van der Waals surface area contributed by atoms with Crippen molar-refractivity contribution in [1.29, 1.82) is 0 Å². The van der Waals surface area contributed by atoms with Crippen molar-refractivity contribution in [3.05, 3.63) is 23.4 Å². The highest BCUT2D eigenvalue weighted by Gasteiger charge is 2.27. The van der Waals surface area contributed by atoms with Gasteiger partial charge >= 0.3 is 10.1 Å². The molecule has 0 unspecified atom stereocenters. The minimum absolute atomic E-state index is 0.120. The van der Waals surface area contributed by atoms with Crippen LogP contribution in [0.5, 0.6) is 0 Å². The summed E-state index contributed by atoms with van der Waals surface area (Å²) in [6, 6.07) is 0. The lowest BCUT2D eigenvalue weighted by atomic mass is 10.3. The third-order valence-electron chi connectivity index (χ3n) is 2.05. The fourth-order valence-electron chi connectivity index (χ4n) is 0.905. The van der Waals surface area contributed by atoms with E-state index in [0.29, 0.717) is 6.54 Å². The van der Waals surface area contributed by atoms with Gasteiger partial charge in [-0.3, -0.25) is 9.04 Å². The zero-order valence-corrected chi connectivity index (χ0v) is 9.37. The highest BCUT2D eigenvalue weighted by molar-refractivity contribution is 7.89. The predicted octanol–water partition coefficient (Wildman–Crippen LogP) is 0.884. The maximum atomic E-state index is 10.6. The van der Waals surface area contributed by atoms with Crippen LogP contribution in [-0.4, -0.2) is 43.2 Å². The van der Waals surface area contributed by atoms with Gasteiger partial charge in [0.25, 0.3) is 5.09 Å². The molecule has 0 aromatic carbocycles. The minimum atomic E-state index is -4.52. The highest BCUT2D eigenvalue weighted by atomic mass is 32.2. The van der Waals surface area contributed by atoms with Gasteiger partial charge in [0.05, 0.1) is 14.1 Å². The van der Waals surface area contributed by atoms with E-state index in [1.54, 1.807) is 20.2 Å². The molecule has 0 saturated carbocycles. The SMILES string of the molecule is C=CC[N+](C)(C)C(C)=C(O)S(=O)(=O)O. The molecule has 0 aliphatic rings. The van der Waals surface area contributed by atoms with Crippen LogP contribution in [0.2, 0.25) is 0 Å². The van der Waals surface area contributed by atoms with Gasteiger partial charge in [0, 0.05) is 6.92 Å². The molecule has 0 atom stereocenters. The van der Waals surface area contributed by atoms with Gasteiger partial charge in [0.1, 0.15) is 6.54 Å². The highest BCUT2D eigenvalue weighted by Crippen LogP contribution is 2.16. The zero-order chi connectivity index (χ0) is 11.6. The van der Waals surface area contributed by atoms with Gasteiger partial charge in [-0.1, -0.05) is 6.58 Å². The van der Waals surface area contributed by atoms with Crippen LogP contribution in [0.3, 0.4) is 0 Å². The second-order valence-corrected chi connectivity index (χ2v) is 4.86. The van der Waals surface area contributed by atoms with Crippen molar-refractivity contribution in [2.24, 2.45) is 0 Å². The van der Waals surface area contributed by atoms with Crippen molar-refractivity contribution < 1.29 is 22.6 Å². The molecule has 0 spiro atoms. The molecule has 0 rings (SSSR count).